The van der Waals surface area contributed by atoms with E-state index in [1.165, 1.54) is 6.42 Å². The third-order valence-corrected chi connectivity index (χ3v) is 4.39. The van der Waals surface area contributed by atoms with Crippen LogP contribution < -0.4 is 5.32 Å². The summed E-state index contributed by atoms with van der Waals surface area (Å²) in [5, 5.41) is 3.07. The predicted molar refractivity (Wildman–Crippen MR) is 75.9 cm³/mol. The molecule has 1 aromatic rings. The van der Waals surface area contributed by atoms with Gasteiger partial charge in [-0.15, -0.1) is 11.6 Å². The van der Waals surface area contributed by atoms with Gasteiger partial charge < -0.3 is 5.32 Å². The van der Waals surface area contributed by atoms with E-state index >= 15 is 0 Å². The second kappa shape index (κ2) is 6.02. The molecule has 0 aliphatic heterocycles. The predicted octanol–water partition coefficient (Wildman–Crippen LogP) is 3.52. The van der Waals surface area contributed by atoms with Crippen LogP contribution in [-0.2, 0) is 0 Å². The number of pyridine rings is 1. The molecular weight excluding hydrogens is 316 g/mol. The molecule has 1 amide bonds. The molecule has 1 saturated carbocycles. The van der Waals surface area contributed by atoms with Gasteiger partial charge >= 0.3 is 0 Å². The highest BCUT2D eigenvalue weighted by molar-refractivity contribution is 9.10. The van der Waals surface area contributed by atoms with Gasteiger partial charge in [0, 0.05) is 16.5 Å². The molecule has 98 valence electrons. The summed E-state index contributed by atoms with van der Waals surface area (Å²) in [6, 6.07) is 3.53. The zero-order valence-electron chi connectivity index (χ0n) is 10.1. The lowest BCUT2D eigenvalue weighted by Crippen LogP contribution is -2.51. The zero-order valence-corrected chi connectivity index (χ0v) is 12.4. The first-order valence-electron chi connectivity index (χ1n) is 6.15. The molecule has 1 aliphatic rings. The highest BCUT2D eigenvalue weighted by Gasteiger charge is 2.33. The van der Waals surface area contributed by atoms with Crippen LogP contribution in [-0.4, -0.2) is 22.3 Å². The third-order valence-electron chi connectivity index (χ3n) is 3.41. The van der Waals surface area contributed by atoms with E-state index in [1.54, 1.807) is 12.3 Å². The molecule has 5 heteroatoms. The summed E-state index contributed by atoms with van der Waals surface area (Å²) in [7, 11) is 0. The van der Waals surface area contributed by atoms with Crippen molar-refractivity contribution in [3.8, 4) is 0 Å². The van der Waals surface area contributed by atoms with Crippen LogP contribution >= 0.6 is 27.5 Å². The molecule has 0 radical (unpaired) electrons. The Balaban J connectivity index is 2.07. The molecule has 0 atom stereocenters. The van der Waals surface area contributed by atoms with E-state index in [0.29, 0.717) is 11.6 Å². The maximum atomic E-state index is 12.1. The van der Waals surface area contributed by atoms with Crippen LogP contribution in [0.5, 0.6) is 0 Å². The Kier molecular flexibility index (Phi) is 4.62. The molecule has 18 heavy (non-hydrogen) atoms. The van der Waals surface area contributed by atoms with Gasteiger partial charge in [0.05, 0.1) is 5.54 Å². The largest absolute Gasteiger partial charge is 0.344 e. The van der Waals surface area contributed by atoms with Crippen molar-refractivity contribution in [2.24, 2.45) is 0 Å². The highest BCUT2D eigenvalue weighted by atomic mass is 79.9. The summed E-state index contributed by atoms with van der Waals surface area (Å²) in [6.45, 7) is 0. The van der Waals surface area contributed by atoms with Crippen molar-refractivity contribution in [1.82, 2.24) is 10.3 Å². The Hall–Kier alpha value is -0.610. The fraction of sp³-hybridized carbons (Fsp3) is 0.538. The van der Waals surface area contributed by atoms with Crippen molar-refractivity contribution in [2.45, 2.75) is 37.6 Å². The first kappa shape index (κ1) is 13.8. The maximum Gasteiger partial charge on any atom is 0.270 e. The van der Waals surface area contributed by atoms with Gasteiger partial charge in [0.2, 0.25) is 0 Å². The Bertz CT molecular complexity index is 416. The Morgan fingerprint density at radius 2 is 2.11 bits per heavy atom. The molecule has 0 unspecified atom stereocenters. The molecule has 0 saturated heterocycles. The molecule has 1 heterocycles. The molecule has 3 nitrogen and oxygen atoms in total. The van der Waals surface area contributed by atoms with E-state index in [0.717, 1.165) is 30.2 Å². The third kappa shape index (κ3) is 3.23. The van der Waals surface area contributed by atoms with E-state index in [-0.39, 0.29) is 11.4 Å². The average molecular weight is 332 g/mol. The number of hydrogen-bond acceptors (Lipinski definition) is 2. The number of amides is 1. The van der Waals surface area contributed by atoms with Gasteiger partial charge in [0.1, 0.15) is 5.69 Å². The van der Waals surface area contributed by atoms with Crippen LogP contribution in [0.4, 0.5) is 0 Å². The quantitative estimate of drug-likeness (QED) is 0.861. The van der Waals surface area contributed by atoms with Crippen LogP contribution in [0.2, 0.25) is 0 Å². The van der Waals surface area contributed by atoms with Gasteiger partial charge in [0.25, 0.3) is 5.91 Å². The van der Waals surface area contributed by atoms with Crippen molar-refractivity contribution in [3.63, 3.8) is 0 Å². The van der Waals surface area contributed by atoms with E-state index in [1.807, 2.05) is 6.07 Å². The molecule has 1 N–H and O–H groups in total. The summed E-state index contributed by atoms with van der Waals surface area (Å²) in [5.74, 6) is 0.333. The van der Waals surface area contributed by atoms with Gasteiger partial charge in [-0.05, 0) is 40.9 Å². The normalized spacial score (nSPS) is 18.3. The van der Waals surface area contributed by atoms with Crippen molar-refractivity contribution in [2.75, 3.05) is 5.88 Å². The molecule has 1 fully saturated rings. The van der Waals surface area contributed by atoms with E-state index in [4.69, 9.17) is 11.6 Å². The molecule has 1 aliphatic carbocycles. The van der Waals surface area contributed by atoms with Crippen LogP contribution in [0.25, 0.3) is 0 Å². The Morgan fingerprint density at radius 3 is 2.67 bits per heavy atom. The number of carbonyl (C=O) groups is 1. The van der Waals surface area contributed by atoms with Crippen molar-refractivity contribution in [1.29, 1.82) is 0 Å². The summed E-state index contributed by atoms with van der Waals surface area (Å²) in [6.07, 6.45) is 7.02. The zero-order chi connectivity index (χ0) is 13.0. The van der Waals surface area contributed by atoms with E-state index in [2.05, 4.69) is 26.2 Å². The second-order valence-corrected chi connectivity index (χ2v) is 5.97. The summed E-state index contributed by atoms with van der Waals surface area (Å²) in [5.41, 5.74) is 0.194. The minimum Gasteiger partial charge on any atom is -0.344 e. The molecule has 2 rings (SSSR count). The lowest BCUT2D eigenvalue weighted by molar-refractivity contribution is 0.0879. The van der Waals surface area contributed by atoms with Crippen molar-refractivity contribution < 1.29 is 4.79 Å². The number of alkyl halides is 1. The molecular formula is C13H16BrClN2O. The first-order chi connectivity index (χ1) is 8.65. The Labute approximate surface area is 120 Å². The monoisotopic (exact) mass is 330 g/mol. The van der Waals surface area contributed by atoms with E-state index in [9.17, 15) is 4.79 Å². The van der Waals surface area contributed by atoms with Crippen molar-refractivity contribution in [3.05, 3.63) is 28.5 Å². The fourth-order valence-electron chi connectivity index (χ4n) is 2.34. The average Bonchev–Trinajstić information content (AvgIpc) is 2.40. The number of hydrogen-bond donors (Lipinski definition) is 1. The second-order valence-electron chi connectivity index (χ2n) is 4.79. The number of carbonyl (C=O) groups excluding carboxylic acids is 1. The van der Waals surface area contributed by atoms with Crippen LogP contribution in [0.3, 0.4) is 0 Å². The molecule has 0 spiro atoms. The van der Waals surface area contributed by atoms with Crippen LogP contribution in [0.1, 0.15) is 42.6 Å². The summed E-state index contributed by atoms with van der Waals surface area (Å²) < 4.78 is 0.865. The van der Waals surface area contributed by atoms with E-state index < -0.39 is 0 Å². The topological polar surface area (TPSA) is 42.0 Å². The maximum absolute atomic E-state index is 12.1. The first-order valence-corrected chi connectivity index (χ1v) is 7.48. The van der Waals surface area contributed by atoms with Gasteiger partial charge in [0.15, 0.2) is 0 Å². The van der Waals surface area contributed by atoms with Gasteiger partial charge in [-0.1, -0.05) is 19.3 Å². The van der Waals surface area contributed by atoms with Crippen LogP contribution in [0, 0.1) is 0 Å². The van der Waals surface area contributed by atoms with Crippen molar-refractivity contribution >= 4 is 33.4 Å². The minimum absolute atomic E-state index is 0.134. The SMILES string of the molecule is O=C(NC1(CCl)CCCCC1)c1ccc(Br)cn1. The smallest absolute Gasteiger partial charge is 0.270 e. The molecule has 0 aromatic carbocycles. The van der Waals surface area contributed by atoms with Gasteiger partial charge in [-0.2, -0.15) is 0 Å². The number of rotatable bonds is 3. The summed E-state index contributed by atoms with van der Waals surface area (Å²) >= 11 is 9.35. The minimum atomic E-state index is -0.244. The number of nitrogens with one attached hydrogen (secondary N) is 1. The van der Waals surface area contributed by atoms with Crippen LogP contribution in [0.15, 0.2) is 22.8 Å². The summed E-state index contributed by atoms with van der Waals surface area (Å²) in [4.78, 5) is 16.2. The highest BCUT2D eigenvalue weighted by Crippen LogP contribution is 2.29. The lowest BCUT2D eigenvalue weighted by Gasteiger charge is -2.36. The molecule has 0 bridgehead atoms. The lowest BCUT2D eigenvalue weighted by atomic mass is 9.83. The number of nitrogens with zero attached hydrogens (tertiary/aromatic N) is 1. The fourth-order valence-corrected chi connectivity index (χ4v) is 2.90. The molecule has 1 aromatic heterocycles. The standard InChI is InChI=1S/C13H16BrClN2O/c14-10-4-5-11(16-8-10)12(18)17-13(9-15)6-2-1-3-7-13/h4-5,8H,1-3,6-7,9H2,(H,17,18). The number of aromatic nitrogens is 1. The van der Waals surface area contributed by atoms with Gasteiger partial charge in [-0.25, -0.2) is 4.98 Å². The Morgan fingerprint density at radius 1 is 1.39 bits per heavy atom. The van der Waals surface area contributed by atoms with Gasteiger partial charge in [-0.3, -0.25) is 4.79 Å². The number of halogens is 2.